The molecule has 67 heavy (non-hydrogen) atoms. The van der Waals surface area contributed by atoms with E-state index in [1.165, 1.54) is 0 Å². The molecule has 8 aromatic carbocycles. The molecule has 0 spiro atoms. The van der Waals surface area contributed by atoms with Crippen molar-refractivity contribution in [3.8, 4) is 39.5 Å². The molecule has 0 atom stereocenters. The summed E-state index contributed by atoms with van der Waals surface area (Å²) in [4.78, 5) is 14.6. The molecule has 0 N–H and O–H groups in total. The molecule has 7 heteroatoms. The second-order valence-electron chi connectivity index (χ2n) is 16.2. The molecule has 0 aliphatic rings. The van der Waals surface area contributed by atoms with Gasteiger partial charge in [0, 0.05) is 56.6 Å². The molecule has 4 heterocycles. The summed E-state index contributed by atoms with van der Waals surface area (Å²) in [6, 6.07) is 68.6. The quantitative estimate of drug-likeness (QED) is 0.112. The van der Waals surface area contributed by atoms with Crippen LogP contribution in [0, 0.1) is 12.1 Å². The topological polar surface area (TPSA) is 56.7 Å². The van der Waals surface area contributed by atoms with Gasteiger partial charge in [0.1, 0.15) is 0 Å². The fourth-order valence-corrected chi connectivity index (χ4v) is 9.98. The van der Waals surface area contributed by atoms with Gasteiger partial charge in [0.2, 0.25) is 5.71 Å². The Labute approximate surface area is 418 Å². The number of hydrogen-bond acceptors (Lipinski definition) is 4. The molecular formula is C60H44GeIrN4O-2. The summed E-state index contributed by atoms with van der Waals surface area (Å²) in [6.07, 6.45) is -0.172. The molecule has 0 amide bonds. The van der Waals surface area contributed by atoms with Crippen molar-refractivity contribution in [2.45, 2.75) is 31.8 Å². The van der Waals surface area contributed by atoms with Crippen LogP contribution in [0.4, 0.5) is 0 Å². The van der Waals surface area contributed by atoms with Crippen molar-refractivity contribution in [1.29, 1.82) is 0 Å². The van der Waals surface area contributed by atoms with Gasteiger partial charge in [-0.05, 0) is 40.1 Å². The summed E-state index contributed by atoms with van der Waals surface area (Å²) in [7, 11) is 0. The van der Waals surface area contributed by atoms with Gasteiger partial charge in [-0.1, -0.05) is 138 Å². The molecule has 0 aliphatic carbocycles. The van der Waals surface area contributed by atoms with E-state index in [9.17, 15) is 0 Å². The van der Waals surface area contributed by atoms with Crippen molar-refractivity contribution in [3.63, 3.8) is 0 Å². The minimum atomic E-state index is -1.94. The Balaban J connectivity index is 0.000000235. The van der Waals surface area contributed by atoms with Gasteiger partial charge >= 0.3 is 115 Å². The van der Waals surface area contributed by atoms with Gasteiger partial charge in [0.15, 0.2) is 0 Å². The van der Waals surface area contributed by atoms with Crippen molar-refractivity contribution in [3.05, 3.63) is 223 Å². The minimum absolute atomic E-state index is 0. The summed E-state index contributed by atoms with van der Waals surface area (Å²) in [5.74, 6) is -0.157. The average molecular weight is 1110 g/mol. The first-order chi connectivity index (χ1) is 34.7. The third-order valence-corrected chi connectivity index (χ3v) is 13.3. The summed E-state index contributed by atoms with van der Waals surface area (Å²) in [5.41, 5.74) is 7.92. The van der Waals surface area contributed by atoms with Crippen molar-refractivity contribution in [2.75, 3.05) is 0 Å². The van der Waals surface area contributed by atoms with Gasteiger partial charge in [-0.25, -0.2) is 4.98 Å². The monoisotopic (exact) mass is 1110 g/mol. The SMILES string of the molecule is [2H]C([2H])(c1ccccc1)c1ccc2c(n1)oc1c(-c3nc4c5ccccc5ccc4n3-c3c(-c4ccccc4)ccc4ccccc34)[c-]ccc12.[2H][C]([2H])([2H])[Ge][c]1cnc(-c2[c-]cccc2)cc1C([2H])(C)C.[Ir]. The Morgan fingerprint density at radius 1 is 0.701 bits per heavy atom. The fraction of sp³-hybridized carbons (Fsp3) is 0.0833. The molecule has 0 bridgehead atoms. The zero-order valence-corrected chi connectivity index (χ0v) is 41.0. The van der Waals surface area contributed by atoms with Crippen LogP contribution in [0.5, 0.6) is 0 Å². The number of fused-ring (bicyclic) bond motifs is 7. The number of furan rings is 1. The number of benzene rings is 8. The molecule has 0 aliphatic heterocycles. The van der Waals surface area contributed by atoms with E-state index in [0.29, 0.717) is 28.2 Å². The first-order valence-electron chi connectivity index (χ1n) is 24.8. The summed E-state index contributed by atoms with van der Waals surface area (Å²) < 4.78 is 58.2. The molecule has 5 nitrogen and oxygen atoms in total. The van der Waals surface area contributed by atoms with Crippen LogP contribution in [0.2, 0.25) is 5.68 Å². The maximum Gasteiger partial charge on any atom is 0 e. The molecule has 0 saturated carbocycles. The fourth-order valence-electron chi connectivity index (χ4n) is 8.75. The van der Waals surface area contributed by atoms with Crippen LogP contribution < -0.4 is 4.40 Å². The van der Waals surface area contributed by atoms with E-state index >= 15 is 0 Å². The van der Waals surface area contributed by atoms with E-state index in [4.69, 9.17) is 22.6 Å². The summed E-state index contributed by atoms with van der Waals surface area (Å²) in [5, 5.41) is 6.05. The van der Waals surface area contributed by atoms with E-state index < -0.39 is 33.4 Å². The number of imidazole rings is 1. The predicted octanol–water partition coefficient (Wildman–Crippen LogP) is 14.4. The molecule has 0 saturated heterocycles. The van der Waals surface area contributed by atoms with Crippen molar-refractivity contribution in [1.82, 2.24) is 19.5 Å². The Morgan fingerprint density at radius 3 is 2.21 bits per heavy atom. The van der Waals surface area contributed by atoms with Gasteiger partial charge in [0.05, 0.1) is 28.1 Å². The van der Waals surface area contributed by atoms with E-state index in [-0.39, 0.29) is 25.8 Å². The van der Waals surface area contributed by atoms with Crippen molar-refractivity contribution >= 4 is 74.5 Å². The molecule has 325 valence electrons. The largest absolute Gasteiger partial charge is 0 e. The predicted molar refractivity (Wildman–Crippen MR) is 274 cm³/mol. The number of aromatic nitrogens is 4. The average Bonchev–Trinajstić information content (AvgIpc) is 3.97. The maximum absolute atomic E-state index is 8.95. The molecule has 12 rings (SSSR count). The first-order valence-corrected chi connectivity index (χ1v) is 23.9. The third kappa shape index (κ3) is 8.42. The van der Waals surface area contributed by atoms with Gasteiger partial charge < -0.3 is 8.98 Å². The number of pyridine rings is 2. The summed E-state index contributed by atoms with van der Waals surface area (Å²) >= 11 is -1.33. The van der Waals surface area contributed by atoms with E-state index in [1.807, 2.05) is 72.8 Å². The Bertz CT molecular complexity index is 3970. The third-order valence-electron chi connectivity index (χ3n) is 11.9. The Hall–Kier alpha value is -6.96. The number of rotatable bonds is 8. The van der Waals surface area contributed by atoms with Gasteiger partial charge in [-0.15, -0.1) is 18.2 Å². The standard InChI is InChI=1S/C45H28N3O.C15H16GeN.Ir/c1-3-12-29(13-4-1)28-33-24-26-38-37-20-11-21-39(43(37)49-45(38)46-33)44-47-41-34-18-9-7-16-31(34)23-27-40(41)48(44)42-35-19-10-8-17-32(35)22-25-36(42)30-14-5-2-6-15-30;1-11(2)13-9-15(17-10-14(13)16-3)12-7-5-4-6-8-12;/h1-20,22-27H,28H2;4-7,9-11H,1-3H3;/q2*-1;/i28D2;3D3,11D;. The zero-order valence-electron chi connectivity index (χ0n) is 42.5. The van der Waals surface area contributed by atoms with E-state index in [2.05, 4.69) is 119 Å². The second-order valence-corrected chi connectivity index (χ2v) is 17.9. The summed E-state index contributed by atoms with van der Waals surface area (Å²) in [6.45, 7) is 3.55. The molecule has 0 unspecified atom stereocenters. The normalized spacial score (nSPS) is 13.2. The minimum Gasteiger partial charge on any atom is 0 e. The number of nitrogens with zero attached hydrogens (tertiary/aromatic N) is 4. The maximum atomic E-state index is 8.95. The molecule has 0 fully saturated rings. The Morgan fingerprint density at radius 2 is 1.43 bits per heavy atom. The number of hydrogen-bond donors (Lipinski definition) is 0. The van der Waals surface area contributed by atoms with E-state index in [1.54, 1.807) is 38.2 Å². The first kappa shape index (κ1) is 37.2. The van der Waals surface area contributed by atoms with E-state index in [0.717, 1.165) is 81.4 Å². The molecular weight excluding hydrogens is 1060 g/mol. The van der Waals surface area contributed by atoms with Crippen LogP contribution in [0.15, 0.2) is 199 Å². The zero-order chi connectivity index (χ0) is 49.8. The van der Waals surface area contributed by atoms with Crippen LogP contribution in [-0.4, -0.2) is 35.0 Å². The molecule has 3 radical (unpaired) electrons. The molecule has 12 aromatic rings. The van der Waals surface area contributed by atoms with Crippen LogP contribution in [0.1, 0.15) is 44.8 Å². The van der Waals surface area contributed by atoms with Gasteiger partial charge in [-0.2, -0.15) is 0 Å². The van der Waals surface area contributed by atoms with Crippen LogP contribution in [-0.2, 0) is 26.5 Å². The molecule has 4 aromatic heterocycles. The van der Waals surface area contributed by atoms with Crippen LogP contribution >= 0.6 is 0 Å². The second kappa shape index (κ2) is 19.1. The van der Waals surface area contributed by atoms with Crippen molar-refractivity contribution in [2.24, 2.45) is 0 Å². The van der Waals surface area contributed by atoms with Crippen molar-refractivity contribution < 1.29 is 32.7 Å². The smallest absolute Gasteiger partial charge is 0 e. The van der Waals surface area contributed by atoms with Crippen LogP contribution in [0.25, 0.3) is 94.1 Å². The van der Waals surface area contributed by atoms with Gasteiger partial charge in [0.25, 0.3) is 0 Å². The van der Waals surface area contributed by atoms with Crippen LogP contribution in [0.3, 0.4) is 0 Å². The Kier molecular flexibility index (Phi) is 10.6. The van der Waals surface area contributed by atoms with Gasteiger partial charge in [-0.3, -0.25) is 4.98 Å².